The predicted octanol–water partition coefficient (Wildman–Crippen LogP) is 1.40. The van der Waals surface area contributed by atoms with Gasteiger partial charge in [0.25, 0.3) is 5.91 Å². The number of likely N-dealkylation sites (tertiary alicyclic amines) is 1. The van der Waals surface area contributed by atoms with Gasteiger partial charge in [-0.1, -0.05) is 0 Å². The Hall–Kier alpha value is -2.04. The zero-order valence-electron chi connectivity index (χ0n) is 10.8. The molecule has 1 aromatic carbocycles. The Balaban J connectivity index is 1.69. The van der Waals surface area contributed by atoms with E-state index >= 15 is 0 Å². The first-order valence-electron chi connectivity index (χ1n) is 6.45. The van der Waals surface area contributed by atoms with E-state index in [1.54, 1.807) is 7.11 Å². The molecule has 5 heteroatoms. The molecule has 1 unspecified atom stereocenters. The lowest BCUT2D eigenvalue weighted by molar-refractivity contribution is -0.139. The zero-order valence-corrected chi connectivity index (χ0v) is 10.8. The Morgan fingerprint density at radius 3 is 2.47 bits per heavy atom. The summed E-state index contributed by atoms with van der Waals surface area (Å²) in [6.45, 7) is 0. The van der Waals surface area contributed by atoms with Gasteiger partial charge in [0.1, 0.15) is 11.8 Å². The minimum Gasteiger partial charge on any atom is -0.497 e. The molecule has 1 heterocycles. The van der Waals surface area contributed by atoms with Crippen LogP contribution in [0.2, 0.25) is 0 Å². The summed E-state index contributed by atoms with van der Waals surface area (Å²) in [6, 6.07) is 7.06. The second-order valence-electron chi connectivity index (χ2n) is 4.96. The van der Waals surface area contributed by atoms with Crippen LogP contribution < -0.4 is 10.1 Å². The highest BCUT2D eigenvalue weighted by atomic mass is 16.5. The van der Waals surface area contributed by atoms with Crippen LogP contribution in [0.5, 0.6) is 5.75 Å². The van der Waals surface area contributed by atoms with Crippen molar-refractivity contribution < 1.29 is 14.3 Å². The van der Waals surface area contributed by atoms with Crippen LogP contribution in [-0.4, -0.2) is 35.9 Å². The van der Waals surface area contributed by atoms with Gasteiger partial charge in [-0.3, -0.25) is 14.5 Å². The van der Waals surface area contributed by atoms with Crippen molar-refractivity contribution >= 4 is 17.5 Å². The molecule has 2 fully saturated rings. The van der Waals surface area contributed by atoms with E-state index in [2.05, 4.69) is 5.32 Å². The molecule has 5 nitrogen and oxygen atoms in total. The van der Waals surface area contributed by atoms with Crippen molar-refractivity contribution in [3.05, 3.63) is 24.3 Å². The number of carbonyl (C=O) groups is 2. The molecule has 1 aliphatic carbocycles. The average molecular weight is 260 g/mol. The number of methoxy groups -OCH3 is 1. The van der Waals surface area contributed by atoms with Gasteiger partial charge in [-0.25, -0.2) is 0 Å². The molecular weight excluding hydrogens is 244 g/mol. The Labute approximate surface area is 111 Å². The summed E-state index contributed by atoms with van der Waals surface area (Å²) in [5.41, 5.74) is 0.824. The number of benzene rings is 1. The average Bonchev–Trinajstić information content (AvgIpc) is 3.19. The first-order chi connectivity index (χ1) is 9.19. The van der Waals surface area contributed by atoms with Gasteiger partial charge in [0.2, 0.25) is 5.91 Å². The van der Waals surface area contributed by atoms with Gasteiger partial charge in [0, 0.05) is 11.7 Å². The number of carbonyl (C=O) groups excluding carboxylic acids is 2. The van der Waals surface area contributed by atoms with Crippen LogP contribution in [-0.2, 0) is 9.59 Å². The SMILES string of the molecule is COc1ccc(NC2CC(=O)N(C3CC3)C2=O)cc1. The summed E-state index contributed by atoms with van der Waals surface area (Å²) in [6.07, 6.45) is 2.15. The molecular formula is C14H16N2O3. The summed E-state index contributed by atoms with van der Waals surface area (Å²) >= 11 is 0. The van der Waals surface area contributed by atoms with Gasteiger partial charge >= 0.3 is 0 Å². The lowest BCUT2D eigenvalue weighted by Crippen LogP contribution is -2.36. The molecule has 1 aliphatic heterocycles. The molecule has 0 radical (unpaired) electrons. The van der Waals surface area contributed by atoms with Crippen molar-refractivity contribution in [2.24, 2.45) is 0 Å². The fraction of sp³-hybridized carbons (Fsp3) is 0.429. The second kappa shape index (κ2) is 4.57. The van der Waals surface area contributed by atoms with Crippen molar-refractivity contribution in [1.82, 2.24) is 4.90 Å². The van der Waals surface area contributed by atoms with Crippen LogP contribution in [0.1, 0.15) is 19.3 Å². The number of amides is 2. The van der Waals surface area contributed by atoms with Crippen LogP contribution in [0.15, 0.2) is 24.3 Å². The number of imide groups is 1. The summed E-state index contributed by atoms with van der Waals surface area (Å²) in [7, 11) is 1.61. The number of rotatable bonds is 4. The van der Waals surface area contributed by atoms with Crippen LogP contribution in [0.3, 0.4) is 0 Å². The highest BCUT2D eigenvalue weighted by Gasteiger charge is 2.45. The highest BCUT2D eigenvalue weighted by Crippen LogP contribution is 2.32. The summed E-state index contributed by atoms with van der Waals surface area (Å²) in [5.74, 6) is 0.612. The van der Waals surface area contributed by atoms with Crippen molar-refractivity contribution in [2.45, 2.75) is 31.3 Å². The standard InChI is InChI=1S/C14H16N2O3/c1-19-11-6-2-9(3-7-11)15-12-8-13(17)16(14(12)18)10-4-5-10/h2-3,6-7,10,12,15H,4-5,8H2,1H3. The molecule has 3 rings (SSSR count). The highest BCUT2D eigenvalue weighted by molar-refractivity contribution is 6.07. The minimum atomic E-state index is -0.429. The zero-order chi connectivity index (χ0) is 13.4. The van der Waals surface area contributed by atoms with Crippen molar-refractivity contribution in [3.8, 4) is 5.75 Å². The summed E-state index contributed by atoms with van der Waals surface area (Å²) in [4.78, 5) is 25.4. The van der Waals surface area contributed by atoms with Gasteiger partial charge in [-0.2, -0.15) is 0 Å². The lowest BCUT2D eigenvalue weighted by atomic mass is 10.2. The van der Waals surface area contributed by atoms with Crippen LogP contribution in [0, 0.1) is 0 Å². The fourth-order valence-electron chi connectivity index (χ4n) is 2.37. The van der Waals surface area contributed by atoms with Gasteiger partial charge in [0.15, 0.2) is 0 Å². The second-order valence-corrected chi connectivity index (χ2v) is 4.96. The van der Waals surface area contributed by atoms with E-state index in [1.165, 1.54) is 4.90 Å². The van der Waals surface area contributed by atoms with Crippen LogP contribution >= 0.6 is 0 Å². The van der Waals surface area contributed by atoms with E-state index in [9.17, 15) is 9.59 Å². The van der Waals surface area contributed by atoms with E-state index < -0.39 is 6.04 Å². The van der Waals surface area contributed by atoms with Gasteiger partial charge in [-0.05, 0) is 37.1 Å². The molecule has 0 spiro atoms. The maximum Gasteiger partial charge on any atom is 0.252 e. The Kier molecular flexibility index (Phi) is 2.89. The molecule has 1 saturated carbocycles. The quantitative estimate of drug-likeness (QED) is 0.831. The van der Waals surface area contributed by atoms with Gasteiger partial charge in [0.05, 0.1) is 13.5 Å². The fourth-order valence-corrected chi connectivity index (χ4v) is 2.37. The number of ether oxygens (including phenoxy) is 1. The van der Waals surface area contributed by atoms with E-state index in [0.29, 0.717) is 0 Å². The van der Waals surface area contributed by atoms with Crippen molar-refractivity contribution in [1.29, 1.82) is 0 Å². The predicted molar refractivity (Wildman–Crippen MR) is 69.9 cm³/mol. The Bertz CT molecular complexity index is 508. The third-order valence-corrected chi connectivity index (χ3v) is 3.53. The third-order valence-electron chi connectivity index (χ3n) is 3.53. The number of hydrogen-bond acceptors (Lipinski definition) is 4. The molecule has 0 aromatic heterocycles. The van der Waals surface area contributed by atoms with Crippen molar-refractivity contribution in [3.63, 3.8) is 0 Å². The first-order valence-corrected chi connectivity index (χ1v) is 6.45. The normalized spacial score (nSPS) is 22.8. The van der Waals surface area contributed by atoms with Gasteiger partial charge < -0.3 is 10.1 Å². The van der Waals surface area contributed by atoms with Gasteiger partial charge in [-0.15, -0.1) is 0 Å². The van der Waals surface area contributed by atoms with E-state index in [0.717, 1.165) is 24.3 Å². The Morgan fingerprint density at radius 2 is 1.89 bits per heavy atom. The smallest absolute Gasteiger partial charge is 0.252 e. The van der Waals surface area contributed by atoms with E-state index in [1.807, 2.05) is 24.3 Å². The topological polar surface area (TPSA) is 58.6 Å². The number of anilines is 1. The molecule has 2 aliphatic rings. The van der Waals surface area contributed by atoms with Crippen molar-refractivity contribution in [2.75, 3.05) is 12.4 Å². The molecule has 1 aromatic rings. The third kappa shape index (κ3) is 2.28. The molecule has 1 saturated heterocycles. The number of nitrogens with zero attached hydrogens (tertiary/aromatic N) is 1. The molecule has 100 valence electrons. The molecule has 0 bridgehead atoms. The molecule has 1 atom stereocenters. The minimum absolute atomic E-state index is 0.0569. The van der Waals surface area contributed by atoms with Crippen LogP contribution in [0.4, 0.5) is 5.69 Å². The lowest BCUT2D eigenvalue weighted by Gasteiger charge is -2.15. The monoisotopic (exact) mass is 260 g/mol. The largest absolute Gasteiger partial charge is 0.497 e. The maximum absolute atomic E-state index is 12.1. The van der Waals surface area contributed by atoms with E-state index in [4.69, 9.17) is 4.74 Å². The molecule has 19 heavy (non-hydrogen) atoms. The first kappa shape index (κ1) is 12.0. The summed E-state index contributed by atoms with van der Waals surface area (Å²) in [5, 5.41) is 3.12. The van der Waals surface area contributed by atoms with E-state index in [-0.39, 0.29) is 24.3 Å². The molecule has 1 N–H and O–H groups in total. The molecule has 2 amide bonds. The number of hydrogen-bond donors (Lipinski definition) is 1. The summed E-state index contributed by atoms with van der Waals surface area (Å²) < 4.78 is 5.08. The number of nitrogens with one attached hydrogen (secondary N) is 1. The maximum atomic E-state index is 12.1. The Morgan fingerprint density at radius 1 is 1.21 bits per heavy atom. The van der Waals surface area contributed by atoms with Crippen LogP contribution in [0.25, 0.3) is 0 Å².